The number of rotatable bonds is 1. The van der Waals surface area contributed by atoms with E-state index in [1.165, 1.54) is 0 Å². The van der Waals surface area contributed by atoms with Gasteiger partial charge in [-0.25, -0.2) is 0 Å². The number of nitrogens with zero attached hydrogens (tertiary/aromatic N) is 1. The maximum atomic E-state index is 8.45. The van der Waals surface area contributed by atoms with Crippen molar-refractivity contribution in [3.05, 3.63) is 33.3 Å². The predicted molar refractivity (Wildman–Crippen MR) is 50.5 cm³/mol. The molecule has 0 aliphatic carbocycles. The van der Waals surface area contributed by atoms with Crippen LogP contribution in [0.15, 0.2) is 12.1 Å². The van der Waals surface area contributed by atoms with E-state index < -0.39 is 0 Å². The molecule has 0 fully saturated rings. The van der Waals surface area contributed by atoms with Crippen LogP contribution >= 0.6 is 23.2 Å². The summed E-state index contributed by atoms with van der Waals surface area (Å²) >= 11 is 11.7. The van der Waals surface area contributed by atoms with Crippen LogP contribution in [-0.2, 0) is 6.42 Å². The summed E-state index contributed by atoms with van der Waals surface area (Å²) in [6, 6.07) is 5.54. The molecule has 0 amide bonds. The Balaban J connectivity index is 3.16. The first-order valence-corrected chi connectivity index (χ1v) is 4.22. The number of aryl methyl sites for hydroxylation is 1. The topological polar surface area (TPSA) is 23.8 Å². The number of hydrogen-bond acceptors (Lipinski definition) is 1. The van der Waals surface area contributed by atoms with Gasteiger partial charge in [0.15, 0.2) is 0 Å². The molecule has 1 rings (SSSR count). The van der Waals surface area contributed by atoms with Crippen molar-refractivity contribution in [3.63, 3.8) is 0 Å². The summed E-state index contributed by atoms with van der Waals surface area (Å²) in [6.45, 7) is 1.88. The Bertz CT molecular complexity index is 339. The summed E-state index contributed by atoms with van der Waals surface area (Å²) in [5.74, 6) is 0. The number of nitriles is 1. The van der Waals surface area contributed by atoms with Crippen molar-refractivity contribution in [1.29, 1.82) is 5.26 Å². The van der Waals surface area contributed by atoms with Gasteiger partial charge in [-0.15, -0.1) is 0 Å². The molecule has 0 N–H and O–H groups in total. The lowest BCUT2D eigenvalue weighted by Crippen LogP contribution is -1.85. The fourth-order valence-electron chi connectivity index (χ4n) is 0.908. The third-order valence-corrected chi connectivity index (χ3v) is 2.36. The molecule has 0 radical (unpaired) electrons. The monoisotopic (exact) mass is 199 g/mol. The summed E-state index contributed by atoms with van der Waals surface area (Å²) in [5.41, 5.74) is 1.72. The van der Waals surface area contributed by atoms with Crippen LogP contribution in [0.2, 0.25) is 10.0 Å². The van der Waals surface area contributed by atoms with E-state index in [9.17, 15) is 0 Å². The van der Waals surface area contributed by atoms with Gasteiger partial charge in [-0.1, -0.05) is 23.2 Å². The molecule has 0 unspecified atom stereocenters. The summed E-state index contributed by atoms with van der Waals surface area (Å²) in [4.78, 5) is 0. The zero-order valence-corrected chi connectivity index (χ0v) is 8.08. The van der Waals surface area contributed by atoms with Gasteiger partial charge in [-0.3, -0.25) is 0 Å². The van der Waals surface area contributed by atoms with Crippen molar-refractivity contribution >= 4 is 23.2 Å². The van der Waals surface area contributed by atoms with Crippen LogP contribution in [-0.4, -0.2) is 0 Å². The van der Waals surface area contributed by atoms with E-state index in [-0.39, 0.29) is 0 Å². The molecule has 0 aliphatic heterocycles. The van der Waals surface area contributed by atoms with Gasteiger partial charge in [0, 0.05) is 10.0 Å². The van der Waals surface area contributed by atoms with Gasteiger partial charge < -0.3 is 0 Å². The van der Waals surface area contributed by atoms with E-state index in [4.69, 9.17) is 28.5 Å². The average Bonchev–Trinajstić information content (AvgIpc) is 2.01. The van der Waals surface area contributed by atoms with Crippen molar-refractivity contribution in [3.8, 4) is 6.07 Å². The maximum Gasteiger partial charge on any atom is 0.0670 e. The van der Waals surface area contributed by atoms with E-state index in [0.29, 0.717) is 16.5 Å². The van der Waals surface area contributed by atoms with Crippen LogP contribution in [0.25, 0.3) is 0 Å². The minimum absolute atomic E-state index is 0.304. The zero-order valence-electron chi connectivity index (χ0n) is 6.56. The van der Waals surface area contributed by atoms with Gasteiger partial charge >= 0.3 is 0 Å². The van der Waals surface area contributed by atoms with E-state index >= 15 is 0 Å². The van der Waals surface area contributed by atoms with Crippen LogP contribution in [0.4, 0.5) is 0 Å². The number of hydrogen-bond donors (Lipinski definition) is 0. The molecule has 0 spiro atoms. The molecule has 0 bridgehead atoms. The second-order valence-corrected chi connectivity index (χ2v) is 3.34. The predicted octanol–water partition coefficient (Wildman–Crippen LogP) is 3.37. The molecule has 0 aliphatic rings. The van der Waals surface area contributed by atoms with Crippen LogP contribution in [0, 0.1) is 18.3 Å². The van der Waals surface area contributed by atoms with Crippen molar-refractivity contribution in [2.24, 2.45) is 0 Å². The Morgan fingerprint density at radius 2 is 2.00 bits per heavy atom. The molecule has 1 aromatic carbocycles. The van der Waals surface area contributed by atoms with Gasteiger partial charge in [-0.2, -0.15) is 5.26 Å². The Morgan fingerprint density at radius 1 is 1.33 bits per heavy atom. The van der Waals surface area contributed by atoms with Gasteiger partial charge in [0.1, 0.15) is 0 Å². The Morgan fingerprint density at radius 3 is 2.58 bits per heavy atom. The van der Waals surface area contributed by atoms with Gasteiger partial charge in [0.2, 0.25) is 0 Å². The molecule has 1 aromatic rings. The number of benzene rings is 1. The lowest BCUT2D eigenvalue weighted by Gasteiger charge is -2.02. The van der Waals surface area contributed by atoms with Gasteiger partial charge in [0.25, 0.3) is 0 Å². The summed E-state index contributed by atoms with van der Waals surface area (Å²) in [5, 5.41) is 9.72. The van der Waals surface area contributed by atoms with E-state index in [1.807, 2.05) is 13.0 Å². The van der Waals surface area contributed by atoms with Crippen LogP contribution in [0.5, 0.6) is 0 Å². The molecular formula is C9H7Cl2N. The van der Waals surface area contributed by atoms with Crippen LogP contribution in [0.3, 0.4) is 0 Å². The molecule has 0 atom stereocenters. The molecule has 3 heteroatoms. The smallest absolute Gasteiger partial charge is 0.0670 e. The summed E-state index contributed by atoms with van der Waals surface area (Å²) in [6.07, 6.45) is 0.304. The molecular weight excluding hydrogens is 193 g/mol. The highest BCUT2D eigenvalue weighted by Crippen LogP contribution is 2.24. The van der Waals surface area contributed by atoms with Crippen molar-refractivity contribution in [2.75, 3.05) is 0 Å². The molecule has 62 valence electrons. The molecule has 0 saturated carbocycles. The standard InChI is InChI=1S/C9H7Cl2N/c1-6-4-9(11)7(2-3-12)5-8(6)10/h4-5H,2H2,1H3. The van der Waals surface area contributed by atoms with Crippen LogP contribution in [0.1, 0.15) is 11.1 Å². The minimum atomic E-state index is 0.304. The molecule has 0 heterocycles. The Kier molecular flexibility index (Phi) is 2.97. The largest absolute Gasteiger partial charge is 0.198 e. The molecule has 1 nitrogen and oxygen atoms in total. The lowest BCUT2D eigenvalue weighted by molar-refractivity contribution is 1.25. The maximum absolute atomic E-state index is 8.45. The summed E-state index contributed by atoms with van der Waals surface area (Å²) in [7, 11) is 0. The molecule has 12 heavy (non-hydrogen) atoms. The van der Waals surface area contributed by atoms with E-state index in [0.717, 1.165) is 11.1 Å². The zero-order chi connectivity index (χ0) is 9.14. The molecule has 0 saturated heterocycles. The SMILES string of the molecule is Cc1cc(Cl)c(CC#N)cc1Cl. The van der Waals surface area contributed by atoms with Crippen molar-refractivity contribution in [1.82, 2.24) is 0 Å². The fourth-order valence-corrected chi connectivity index (χ4v) is 1.38. The first-order valence-electron chi connectivity index (χ1n) is 3.46. The van der Waals surface area contributed by atoms with Gasteiger partial charge in [-0.05, 0) is 30.2 Å². The summed E-state index contributed by atoms with van der Waals surface area (Å²) < 4.78 is 0. The van der Waals surface area contributed by atoms with E-state index in [2.05, 4.69) is 0 Å². The quantitative estimate of drug-likeness (QED) is 0.681. The third kappa shape index (κ3) is 1.91. The van der Waals surface area contributed by atoms with Crippen molar-refractivity contribution < 1.29 is 0 Å². The second kappa shape index (κ2) is 3.80. The Hall–Kier alpha value is -0.710. The first kappa shape index (κ1) is 9.38. The Labute approximate surface area is 81.5 Å². The average molecular weight is 200 g/mol. The van der Waals surface area contributed by atoms with E-state index in [1.54, 1.807) is 12.1 Å². The highest BCUT2D eigenvalue weighted by atomic mass is 35.5. The van der Waals surface area contributed by atoms with Gasteiger partial charge in [0.05, 0.1) is 12.5 Å². The fraction of sp³-hybridized carbons (Fsp3) is 0.222. The highest BCUT2D eigenvalue weighted by Gasteiger charge is 2.03. The normalized spacial score (nSPS) is 9.50. The molecule has 0 aromatic heterocycles. The highest BCUT2D eigenvalue weighted by molar-refractivity contribution is 6.34. The third-order valence-electron chi connectivity index (χ3n) is 1.60. The number of halogens is 2. The van der Waals surface area contributed by atoms with Crippen molar-refractivity contribution in [2.45, 2.75) is 13.3 Å². The minimum Gasteiger partial charge on any atom is -0.198 e. The first-order chi connectivity index (χ1) is 5.65. The second-order valence-electron chi connectivity index (χ2n) is 2.53. The lowest BCUT2D eigenvalue weighted by atomic mass is 10.1. The van der Waals surface area contributed by atoms with Crippen LogP contribution < -0.4 is 0 Å².